The van der Waals surface area contributed by atoms with E-state index in [9.17, 15) is 34.2 Å². The Bertz CT molecular complexity index is 697. The van der Waals surface area contributed by atoms with Gasteiger partial charge in [-0.1, -0.05) is 34.1 Å². The highest BCUT2D eigenvalue weighted by molar-refractivity contribution is 5.96. The third kappa shape index (κ3) is 7.20. The first-order valence-corrected chi connectivity index (χ1v) is 10.5. The van der Waals surface area contributed by atoms with Gasteiger partial charge in [-0.05, 0) is 24.7 Å². The molecule has 31 heavy (non-hydrogen) atoms. The number of nitrogens with zero attached hydrogens (tertiary/aromatic N) is 1. The van der Waals surface area contributed by atoms with Gasteiger partial charge < -0.3 is 31.5 Å². The number of likely N-dealkylation sites (tertiary alicyclic amines) is 1. The Balaban J connectivity index is 3.00. The van der Waals surface area contributed by atoms with Gasteiger partial charge in [0.2, 0.25) is 17.7 Å². The van der Waals surface area contributed by atoms with Crippen LogP contribution in [0.5, 0.6) is 0 Å². The summed E-state index contributed by atoms with van der Waals surface area (Å²) in [6.45, 7) is 7.14. The molecule has 11 nitrogen and oxygen atoms in total. The van der Waals surface area contributed by atoms with E-state index in [1.165, 1.54) is 4.90 Å². The predicted molar refractivity (Wildman–Crippen MR) is 111 cm³/mol. The van der Waals surface area contributed by atoms with Gasteiger partial charge in [-0.15, -0.1) is 0 Å². The van der Waals surface area contributed by atoms with Crippen LogP contribution >= 0.6 is 0 Å². The summed E-state index contributed by atoms with van der Waals surface area (Å²) in [5, 5.41) is 23.5. The summed E-state index contributed by atoms with van der Waals surface area (Å²) in [5.41, 5.74) is 5.79. The van der Waals surface area contributed by atoms with Crippen LogP contribution in [0.15, 0.2) is 0 Å². The number of aliphatic carboxylic acids is 2. The number of carboxylic acids is 2. The monoisotopic (exact) mass is 442 g/mol. The molecule has 1 aliphatic heterocycles. The van der Waals surface area contributed by atoms with Crippen LogP contribution < -0.4 is 16.4 Å². The lowest BCUT2D eigenvalue weighted by molar-refractivity contribution is -0.148. The second-order valence-corrected chi connectivity index (χ2v) is 8.33. The van der Waals surface area contributed by atoms with Crippen molar-refractivity contribution < 1.29 is 34.2 Å². The SMILES string of the molecule is CCC(C)C(NC(=O)C1CCCN1C(=O)C(CC(=O)O)NC(=O)C(N)C(C)C)C(=O)O. The summed E-state index contributed by atoms with van der Waals surface area (Å²) in [4.78, 5) is 62.1. The molecule has 5 atom stereocenters. The van der Waals surface area contributed by atoms with Gasteiger partial charge in [0.25, 0.3) is 0 Å². The van der Waals surface area contributed by atoms with Gasteiger partial charge in [0, 0.05) is 6.54 Å². The molecule has 0 aromatic carbocycles. The van der Waals surface area contributed by atoms with Crippen LogP contribution in [0, 0.1) is 11.8 Å². The molecule has 1 rings (SSSR count). The molecule has 1 aliphatic rings. The summed E-state index contributed by atoms with van der Waals surface area (Å²) in [7, 11) is 0. The second kappa shape index (κ2) is 11.6. The van der Waals surface area contributed by atoms with E-state index in [1.807, 2.05) is 0 Å². The molecule has 1 saturated heterocycles. The molecule has 3 amide bonds. The van der Waals surface area contributed by atoms with Crippen molar-refractivity contribution in [3.05, 3.63) is 0 Å². The average molecular weight is 443 g/mol. The zero-order chi connectivity index (χ0) is 23.9. The van der Waals surface area contributed by atoms with E-state index in [0.29, 0.717) is 19.3 Å². The fourth-order valence-electron chi connectivity index (χ4n) is 3.38. The first-order valence-electron chi connectivity index (χ1n) is 10.5. The highest BCUT2D eigenvalue weighted by Crippen LogP contribution is 2.20. The maximum Gasteiger partial charge on any atom is 0.326 e. The Morgan fingerprint density at radius 3 is 2.19 bits per heavy atom. The van der Waals surface area contributed by atoms with Crippen LogP contribution in [0.4, 0.5) is 0 Å². The fourth-order valence-corrected chi connectivity index (χ4v) is 3.38. The summed E-state index contributed by atoms with van der Waals surface area (Å²) < 4.78 is 0. The third-order valence-corrected chi connectivity index (χ3v) is 5.63. The molecular weight excluding hydrogens is 408 g/mol. The summed E-state index contributed by atoms with van der Waals surface area (Å²) in [6.07, 6.45) is 0.673. The van der Waals surface area contributed by atoms with Crippen LogP contribution in [-0.4, -0.2) is 75.5 Å². The standard InChI is InChI=1S/C20H34N4O7/c1-5-11(4)16(20(30)31)23-17(27)13-7-6-8-24(13)19(29)12(9-14(25)26)22-18(28)15(21)10(2)3/h10-13,15-16H,5-9,21H2,1-4H3,(H,22,28)(H,23,27)(H,25,26)(H,30,31). The van der Waals surface area contributed by atoms with E-state index in [2.05, 4.69) is 10.6 Å². The average Bonchev–Trinajstić information content (AvgIpc) is 3.18. The van der Waals surface area contributed by atoms with E-state index in [1.54, 1.807) is 27.7 Å². The van der Waals surface area contributed by atoms with Crippen LogP contribution in [0.1, 0.15) is 53.4 Å². The largest absolute Gasteiger partial charge is 0.481 e. The molecule has 176 valence electrons. The van der Waals surface area contributed by atoms with Crippen LogP contribution in [0.3, 0.4) is 0 Å². The van der Waals surface area contributed by atoms with Crippen molar-refractivity contribution in [2.24, 2.45) is 17.6 Å². The molecule has 0 bridgehead atoms. The number of carboxylic acid groups (broad SMARTS) is 2. The molecule has 5 unspecified atom stereocenters. The molecule has 0 aliphatic carbocycles. The Morgan fingerprint density at radius 1 is 1.10 bits per heavy atom. The molecular formula is C20H34N4O7. The molecule has 0 saturated carbocycles. The van der Waals surface area contributed by atoms with Gasteiger partial charge in [-0.25, -0.2) is 4.79 Å². The van der Waals surface area contributed by atoms with Gasteiger partial charge in [0.15, 0.2) is 0 Å². The van der Waals surface area contributed by atoms with Crippen LogP contribution in [0.2, 0.25) is 0 Å². The summed E-state index contributed by atoms with van der Waals surface area (Å²) in [5.74, 6) is -4.98. The normalized spacial score (nSPS) is 19.9. The van der Waals surface area contributed by atoms with Crippen molar-refractivity contribution in [1.29, 1.82) is 0 Å². The van der Waals surface area contributed by atoms with Gasteiger partial charge in [0.05, 0.1) is 12.5 Å². The molecule has 0 aromatic rings. The van der Waals surface area contributed by atoms with E-state index in [0.717, 1.165) is 0 Å². The molecule has 1 heterocycles. The number of rotatable bonds is 11. The molecule has 11 heteroatoms. The van der Waals surface area contributed by atoms with Crippen molar-refractivity contribution in [3.8, 4) is 0 Å². The fraction of sp³-hybridized carbons (Fsp3) is 0.750. The first kappa shape index (κ1) is 26.3. The van der Waals surface area contributed by atoms with E-state index in [-0.39, 0.29) is 18.4 Å². The zero-order valence-corrected chi connectivity index (χ0v) is 18.5. The van der Waals surface area contributed by atoms with Gasteiger partial charge >= 0.3 is 11.9 Å². The van der Waals surface area contributed by atoms with Crippen molar-refractivity contribution in [2.45, 2.75) is 77.5 Å². The minimum atomic E-state index is -1.38. The number of carbonyl (C=O) groups excluding carboxylic acids is 3. The molecule has 1 fully saturated rings. The lowest BCUT2D eigenvalue weighted by atomic mass is 9.98. The van der Waals surface area contributed by atoms with Crippen molar-refractivity contribution >= 4 is 29.7 Å². The number of amides is 3. The van der Waals surface area contributed by atoms with Crippen molar-refractivity contribution in [1.82, 2.24) is 15.5 Å². The minimum absolute atomic E-state index is 0.195. The lowest BCUT2D eigenvalue weighted by Crippen LogP contribution is -2.58. The van der Waals surface area contributed by atoms with E-state index >= 15 is 0 Å². The second-order valence-electron chi connectivity index (χ2n) is 8.33. The molecule has 0 radical (unpaired) electrons. The van der Waals surface area contributed by atoms with Crippen LogP contribution in [-0.2, 0) is 24.0 Å². The smallest absolute Gasteiger partial charge is 0.326 e. The number of nitrogens with one attached hydrogen (secondary N) is 2. The van der Waals surface area contributed by atoms with Gasteiger partial charge in [-0.2, -0.15) is 0 Å². The maximum atomic E-state index is 13.0. The van der Waals surface area contributed by atoms with Gasteiger partial charge in [-0.3, -0.25) is 19.2 Å². The first-order chi connectivity index (χ1) is 14.4. The Labute approximate surface area is 181 Å². The van der Waals surface area contributed by atoms with Crippen molar-refractivity contribution in [2.75, 3.05) is 6.54 Å². The van der Waals surface area contributed by atoms with E-state index < -0.39 is 60.2 Å². The lowest BCUT2D eigenvalue weighted by Gasteiger charge is -2.30. The van der Waals surface area contributed by atoms with Crippen LogP contribution in [0.25, 0.3) is 0 Å². The topological polar surface area (TPSA) is 179 Å². The Kier molecular flexibility index (Phi) is 9.89. The van der Waals surface area contributed by atoms with E-state index in [4.69, 9.17) is 5.73 Å². The minimum Gasteiger partial charge on any atom is -0.481 e. The predicted octanol–water partition coefficient (Wildman–Crippen LogP) is -0.464. The quantitative estimate of drug-likeness (QED) is 0.285. The summed E-state index contributed by atoms with van der Waals surface area (Å²) in [6, 6.07) is -4.35. The number of hydrogen-bond acceptors (Lipinski definition) is 6. The molecule has 0 spiro atoms. The molecule has 6 N–H and O–H groups in total. The zero-order valence-electron chi connectivity index (χ0n) is 18.5. The Morgan fingerprint density at radius 2 is 1.71 bits per heavy atom. The highest BCUT2D eigenvalue weighted by atomic mass is 16.4. The Hall–Kier alpha value is -2.69. The molecule has 0 aromatic heterocycles. The third-order valence-electron chi connectivity index (χ3n) is 5.63. The highest BCUT2D eigenvalue weighted by Gasteiger charge is 2.40. The van der Waals surface area contributed by atoms with Crippen molar-refractivity contribution in [3.63, 3.8) is 0 Å². The number of hydrogen-bond donors (Lipinski definition) is 5. The number of nitrogens with two attached hydrogens (primary N) is 1. The number of carbonyl (C=O) groups is 5. The van der Waals surface area contributed by atoms with Gasteiger partial charge in [0.1, 0.15) is 18.1 Å². The maximum absolute atomic E-state index is 13.0. The summed E-state index contributed by atoms with van der Waals surface area (Å²) >= 11 is 0.